The number of rotatable bonds is 6. The van der Waals surface area contributed by atoms with E-state index in [-0.39, 0.29) is 29.7 Å². The zero-order valence-corrected chi connectivity index (χ0v) is 11.7. The molecule has 0 aliphatic rings. The van der Waals surface area contributed by atoms with Crippen LogP contribution in [0.1, 0.15) is 13.8 Å². The fourth-order valence-electron chi connectivity index (χ4n) is 1.62. The van der Waals surface area contributed by atoms with Crippen LogP contribution in [-0.2, 0) is 14.8 Å². The van der Waals surface area contributed by atoms with Gasteiger partial charge in [0.15, 0.2) is 0 Å². The molecule has 0 aromatic heterocycles. The third-order valence-corrected chi connectivity index (χ3v) is 4.16. The molecule has 6 nitrogen and oxygen atoms in total. The van der Waals surface area contributed by atoms with Gasteiger partial charge in [-0.05, 0) is 24.1 Å². The summed E-state index contributed by atoms with van der Waals surface area (Å²) in [6.07, 6.45) is 0. The second-order valence-corrected chi connectivity index (χ2v) is 6.59. The van der Waals surface area contributed by atoms with Gasteiger partial charge < -0.3 is 10.8 Å². The van der Waals surface area contributed by atoms with Crippen molar-refractivity contribution >= 4 is 15.9 Å². The van der Waals surface area contributed by atoms with Crippen molar-refractivity contribution in [3.63, 3.8) is 0 Å². The van der Waals surface area contributed by atoms with Gasteiger partial charge in [-0.15, -0.1) is 0 Å². The second-order valence-electron chi connectivity index (χ2n) is 4.66. The first-order valence-electron chi connectivity index (χ1n) is 5.81. The predicted octanol–water partition coefficient (Wildman–Crippen LogP) is 0.524. The first-order chi connectivity index (χ1) is 8.73. The Morgan fingerprint density at radius 2 is 2.05 bits per heavy atom. The van der Waals surface area contributed by atoms with Gasteiger partial charge in [0.1, 0.15) is 5.75 Å². The van der Waals surface area contributed by atoms with E-state index in [1.165, 1.54) is 18.2 Å². The third-order valence-electron chi connectivity index (χ3n) is 2.36. The Morgan fingerprint density at radius 3 is 2.53 bits per heavy atom. The lowest BCUT2D eigenvalue weighted by molar-refractivity contribution is -0.118. The van der Waals surface area contributed by atoms with Gasteiger partial charge >= 0.3 is 0 Å². The minimum atomic E-state index is -3.84. The third kappa shape index (κ3) is 4.22. The number of sulfonamides is 1. The maximum Gasteiger partial charge on any atom is 0.243 e. The van der Waals surface area contributed by atoms with Crippen molar-refractivity contribution in [3.8, 4) is 5.75 Å². The number of aromatic hydroxyl groups is 1. The number of hydrogen-bond donors (Lipinski definition) is 2. The van der Waals surface area contributed by atoms with E-state index in [4.69, 9.17) is 5.73 Å². The number of nitrogens with zero attached hydrogens (tertiary/aromatic N) is 1. The fourth-order valence-corrected chi connectivity index (χ4v) is 3.23. The SMILES string of the molecule is CC(C)CN(CC(N)=O)S(=O)(=O)c1cccc(O)c1. The highest BCUT2D eigenvalue weighted by Gasteiger charge is 2.26. The van der Waals surface area contributed by atoms with Gasteiger partial charge in [0, 0.05) is 6.54 Å². The maximum absolute atomic E-state index is 12.4. The summed E-state index contributed by atoms with van der Waals surface area (Å²) in [6, 6.07) is 5.31. The van der Waals surface area contributed by atoms with Gasteiger partial charge in [-0.1, -0.05) is 19.9 Å². The van der Waals surface area contributed by atoms with E-state index in [0.717, 1.165) is 10.4 Å². The van der Waals surface area contributed by atoms with Crippen LogP contribution in [-0.4, -0.2) is 36.8 Å². The average molecular weight is 286 g/mol. The molecule has 1 aromatic rings. The molecule has 1 aromatic carbocycles. The van der Waals surface area contributed by atoms with Gasteiger partial charge in [-0.25, -0.2) is 8.42 Å². The van der Waals surface area contributed by atoms with Gasteiger partial charge in [0.2, 0.25) is 15.9 Å². The van der Waals surface area contributed by atoms with Crippen LogP contribution in [0.4, 0.5) is 0 Å². The van der Waals surface area contributed by atoms with Crippen LogP contribution in [0.25, 0.3) is 0 Å². The number of hydrogen-bond acceptors (Lipinski definition) is 4. The molecule has 0 heterocycles. The molecule has 0 unspecified atom stereocenters. The summed E-state index contributed by atoms with van der Waals surface area (Å²) in [5.41, 5.74) is 5.08. The van der Waals surface area contributed by atoms with E-state index < -0.39 is 15.9 Å². The van der Waals surface area contributed by atoms with Gasteiger partial charge in [0.05, 0.1) is 11.4 Å². The maximum atomic E-state index is 12.4. The minimum absolute atomic E-state index is 0.0476. The predicted molar refractivity (Wildman–Crippen MR) is 70.9 cm³/mol. The van der Waals surface area contributed by atoms with E-state index in [0.29, 0.717) is 0 Å². The topological polar surface area (TPSA) is 101 Å². The zero-order chi connectivity index (χ0) is 14.6. The summed E-state index contributed by atoms with van der Waals surface area (Å²) in [5, 5.41) is 9.35. The molecule has 0 bridgehead atoms. The van der Waals surface area contributed by atoms with Crippen molar-refractivity contribution < 1.29 is 18.3 Å². The average Bonchev–Trinajstić information content (AvgIpc) is 2.26. The molecule has 0 saturated heterocycles. The smallest absolute Gasteiger partial charge is 0.243 e. The highest BCUT2D eigenvalue weighted by Crippen LogP contribution is 2.20. The molecule has 0 spiro atoms. The number of carbonyl (C=O) groups is 1. The van der Waals surface area contributed by atoms with Crippen LogP contribution >= 0.6 is 0 Å². The quantitative estimate of drug-likeness (QED) is 0.796. The van der Waals surface area contributed by atoms with E-state index in [2.05, 4.69) is 0 Å². The number of phenols is 1. The van der Waals surface area contributed by atoms with Crippen molar-refractivity contribution in [1.29, 1.82) is 0 Å². The Morgan fingerprint density at radius 1 is 1.42 bits per heavy atom. The van der Waals surface area contributed by atoms with Crippen molar-refractivity contribution in [3.05, 3.63) is 24.3 Å². The highest BCUT2D eigenvalue weighted by atomic mass is 32.2. The molecule has 1 rings (SSSR count). The molecule has 0 aliphatic carbocycles. The first kappa shape index (κ1) is 15.5. The Bertz CT molecular complexity index is 555. The van der Waals surface area contributed by atoms with Crippen LogP contribution in [0, 0.1) is 5.92 Å². The van der Waals surface area contributed by atoms with Crippen molar-refractivity contribution in [2.45, 2.75) is 18.7 Å². The van der Waals surface area contributed by atoms with Crippen molar-refractivity contribution in [1.82, 2.24) is 4.31 Å². The lowest BCUT2D eigenvalue weighted by atomic mass is 10.2. The summed E-state index contributed by atoms with van der Waals surface area (Å²) in [7, 11) is -3.84. The van der Waals surface area contributed by atoms with Gasteiger partial charge in [-0.2, -0.15) is 4.31 Å². The summed E-state index contributed by atoms with van der Waals surface area (Å²) < 4.78 is 25.7. The van der Waals surface area contributed by atoms with Crippen molar-refractivity contribution in [2.24, 2.45) is 11.7 Å². The lowest BCUT2D eigenvalue weighted by Gasteiger charge is -2.22. The largest absolute Gasteiger partial charge is 0.508 e. The van der Waals surface area contributed by atoms with Crippen LogP contribution < -0.4 is 5.73 Å². The highest BCUT2D eigenvalue weighted by molar-refractivity contribution is 7.89. The molecule has 1 amide bonds. The van der Waals surface area contributed by atoms with Crippen LogP contribution in [0.5, 0.6) is 5.75 Å². The van der Waals surface area contributed by atoms with E-state index in [1.807, 2.05) is 13.8 Å². The van der Waals surface area contributed by atoms with Crippen LogP contribution in [0.15, 0.2) is 29.2 Å². The fraction of sp³-hybridized carbons (Fsp3) is 0.417. The number of primary amides is 1. The van der Waals surface area contributed by atoms with E-state index in [9.17, 15) is 18.3 Å². The Balaban J connectivity index is 3.15. The Hall–Kier alpha value is -1.60. The number of benzene rings is 1. The molecule has 0 aliphatic heterocycles. The summed E-state index contributed by atoms with van der Waals surface area (Å²) >= 11 is 0. The molecule has 106 valence electrons. The molecule has 0 radical (unpaired) electrons. The summed E-state index contributed by atoms with van der Waals surface area (Å²) in [4.78, 5) is 10.9. The van der Waals surface area contributed by atoms with Gasteiger partial charge in [0.25, 0.3) is 0 Å². The van der Waals surface area contributed by atoms with Crippen molar-refractivity contribution in [2.75, 3.05) is 13.1 Å². The Labute approximate surface area is 112 Å². The molecule has 3 N–H and O–H groups in total. The number of carbonyl (C=O) groups excluding carboxylic acids is 1. The second kappa shape index (κ2) is 6.03. The number of amides is 1. The lowest BCUT2D eigenvalue weighted by Crippen LogP contribution is -2.40. The minimum Gasteiger partial charge on any atom is -0.508 e. The Kier molecular flexibility index (Phi) is 4.90. The number of nitrogens with two attached hydrogens (primary N) is 1. The molecule has 0 fully saturated rings. The molecule has 19 heavy (non-hydrogen) atoms. The van der Waals surface area contributed by atoms with Gasteiger partial charge in [-0.3, -0.25) is 4.79 Å². The normalized spacial score (nSPS) is 12.0. The summed E-state index contributed by atoms with van der Waals surface area (Å²) in [5.74, 6) is -0.819. The first-order valence-corrected chi connectivity index (χ1v) is 7.25. The van der Waals surface area contributed by atoms with E-state index >= 15 is 0 Å². The number of phenolic OH excluding ortho intramolecular Hbond substituents is 1. The monoisotopic (exact) mass is 286 g/mol. The molecule has 7 heteroatoms. The molecule has 0 atom stereocenters. The molecular weight excluding hydrogens is 268 g/mol. The standard InChI is InChI=1S/C12H18N2O4S/c1-9(2)7-14(8-12(13)16)19(17,18)11-5-3-4-10(15)6-11/h3-6,9,15H,7-8H2,1-2H3,(H2,13,16). The molecule has 0 saturated carbocycles. The zero-order valence-electron chi connectivity index (χ0n) is 10.9. The van der Waals surface area contributed by atoms with Crippen LogP contribution in [0.2, 0.25) is 0 Å². The van der Waals surface area contributed by atoms with E-state index in [1.54, 1.807) is 0 Å². The summed E-state index contributed by atoms with van der Waals surface area (Å²) in [6.45, 7) is 3.48. The van der Waals surface area contributed by atoms with Crippen LogP contribution in [0.3, 0.4) is 0 Å². The molecular formula is C12H18N2O4S.